The molecule has 2 aromatic heterocycles. The van der Waals surface area contributed by atoms with Gasteiger partial charge in [-0.25, -0.2) is 4.57 Å². The summed E-state index contributed by atoms with van der Waals surface area (Å²) in [4.78, 5) is 0. The molecular formula is C33H31N2O+. The fraction of sp³-hybridized carbons (Fsp3) is 0.273. The molecule has 178 valence electrons. The van der Waals surface area contributed by atoms with Crippen LogP contribution in [-0.2, 0) is 19.9 Å². The molecule has 0 saturated heterocycles. The third-order valence-corrected chi connectivity index (χ3v) is 7.97. The minimum absolute atomic E-state index is 0.276. The molecule has 0 amide bonds. The van der Waals surface area contributed by atoms with Gasteiger partial charge >= 0.3 is 0 Å². The average Bonchev–Trinajstić information content (AvgIpc) is 3.35. The SMILES string of the molecule is Cc1cc(-c2c(C)ccc3c2oc2c(-c4ccc5c(c4)CC(C)(C)C5)c(C#N)ccc23)[n+](C)cc1C. The molecule has 3 nitrogen and oxygen atoms in total. The van der Waals surface area contributed by atoms with Crippen LogP contribution in [0.5, 0.6) is 0 Å². The normalized spacial score (nSPS) is 14.4. The molecule has 0 aliphatic heterocycles. The molecule has 6 rings (SSSR count). The van der Waals surface area contributed by atoms with E-state index >= 15 is 0 Å². The van der Waals surface area contributed by atoms with Crippen molar-refractivity contribution in [3.05, 3.63) is 88.1 Å². The van der Waals surface area contributed by atoms with E-state index in [2.05, 4.69) is 94.9 Å². The first-order valence-corrected chi connectivity index (χ1v) is 12.7. The minimum Gasteiger partial charge on any atom is -0.454 e. The number of nitrogens with zero attached hydrogens (tertiary/aromatic N) is 2. The first-order valence-electron chi connectivity index (χ1n) is 12.7. The summed E-state index contributed by atoms with van der Waals surface area (Å²) in [6, 6.07) is 19.7. The van der Waals surface area contributed by atoms with Crippen LogP contribution in [0.4, 0.5) is 0 Å². The molecule has 2 heterocycles. The van der Waals surface area contributed by atoms with E-state index in [4.69, 9.17) is 4.42 Å². The zero-order valence-electron chi connectivity index (χ0n) is 21.9. The maximum atomic E-state index is 10.1. The molecule has 0 bridgehead atoms. The van der Waals surface area contributed by atoms with Crippen molar-refractivity contribution in [1.29, 1.82) is 5.26 Å². The number of furan rings is 1. The number of hydrogen-bond donors (Lipinski definition) is 0. The smallest absolute Gasteiger partial charge is 0.216 e. The van der Waals surface area contributed by atoms with Gasteiger partial charge in [-0.2, -0.15) is 5.26 Å². The lowest BCUT2D eigenvalue weighted by Crippen LogP contribution is -2.31. The molecule has 0 fully saturated rings. The third-order valence-electron chi connectivity index (χ3n) is 7.97. The zero-order valence-corrected chi connectivity index (χ0v) is 21.9. The summed E-state index contributed by atoms with van der Waals surface area (Å²) in [7, 11) is 2.09. The maximum Gasteiger partial charge on any atom is 0.216 e. The van der Waals surface area contributed by atoms with E-state index in [1.807, 2.05) is 12.1 Å². The van der Waals surface area contributed by atoms with Crippen molar-refractivity contribution >= 4 is 21.9 Å². The summed E-state index contributed by atoms with van der Waals surface area (Å²) in [5.41, 5.74) is 13.3. The fourth-order valence-corrected chi connectivity index (χ4v) is 6.04. The lowest BCUT2D eigenvalue weighted by Gasteiger charge is -2.14. The third kappa shape index (κ3) is 3.36. The van der Waals surface area contributed by atoms with Crippen molar-refractivity contribution in [2.45, 2.75) is 47.5 Å². The molecule has 1 aliphatic rings. The lowest BCUT2D eigenvalue weighted by molar-refractivity contribution is -0.660. The number of hydrogen-bond acceptors (Lipinski definition) is 2. The van der Waals surface area contributed by atoms with E-state index in [1.54, 1.807) is 0 Å². The Bertz CT molecular complexity index is 1760. The largest absolute Gasteiger partial charge is 0.454 e. The highest BCUT2D eigenvalue weighted by molar-refractivity contribution is 6.14. The summed E-state index contributed by atoms with van der Waals surface area (Å²) >= 11 is 0. The summed E-state index contributed by atoms with van der Waals surface area (Å²) < 4.78 is 8.95. The molecule has 0 N–H and O–H groups in total. The van der Waals surface area contributed by atoms with Gasteiger partial charge in [0.25, 0.3) is 0 Å². The first-order chi connectivity index (χ1) is 17.2. The molecule has 0 atom stereocenters. The summed E-state index contributed by atoms with van der Waals surface area (Å²) in [6.45, 7) is 11.1. The minimum atomic E-state index is 0.276. The number of aromatic nitrogens is 1. The van der Waals surface area contributed by atoms with Crippen LogP contribution in [0.2, 0.25) is 0 Å². The number of pyridine rings is 1. The molecule has 3 heteroatoms. The quantitative estimate of drug-likeness (QED) is 0.248. The van der Waals surface area contributed by atoms with Gasteiger partial charge in [-0.15, -0.1) is 0 Å². The Labute approximate surface area is 212 Å². The Balaban J connectivity index is 1.66. The summed E-state index contributed by atoms with van der Waals surface area (Å²) in [5.74, 6) is 0. The van der Waals surface area contributed by atoms with Crippen LogP contribution < -0.4 is 4.57 Å². The topological polar surface area (TPSA) is 40.8 Å². The molecule has 5 aromatic rings. The Morgan fingerprint density at radius 3 is 2.25 bits per heavy atom. The van der Waals surface area contributed by atoms with Crippen LogP contribution >= 0.6 is 0 Å². The Morgan fingerprint density at radius 2 is 1.50 bits per heavy atom. The molecule has 0 spiro atoms. The highest BCUT2D eigenvalue weighted by atomic mass is 16.3. The predicted octanol–water partition coefficient (Wildman–Crippen LogP) is 7.67. The molecule has 3 aromatic carbocycles. The number of fused-ring (bicyclic) bond motifs is 4. The second kappa shape index (κ2) is 7.80. The average molecular weight is 472 g/mol. The molecule has 1 aliphatic carbocycles. The van der Waals surface area contributed by atoms with Crippen molar-refractivity contribution in [3.63, 3.8) is 0 Å². The van der Waals surface area contributed by atoms with Crippen LogP contribution in [0.25, 0.3) is 44.3 Å². The fourth-order valence-electron chi connectivity index (χ4n) is 6.04. The highest BCUT2D eigenvalue weighted by Crippen LogP contribution is 2.44. The van der Waals surface area contributed by atoms with E-state index in [9.17, 15) is 5.26 Å². The van der Waals surface area contributed by atoms with Gasteiger partial charge in [-0.05, 0) is 79.0 Å². The van der Waals surface area contributed by atoms with Crippen LogP contribution in [0.1, 0.15) is 47.2 Å². The van der Waals surface area contributed by atoms with Gasteiger partial charge in [0.15, 0.2) is 6.20 Å². The first kappa shape index (κ1) is 22.6. The van der Waals surface area contributed by atoms with Gasteiger partial charge in [-0.3, -0.25) is 0 Å². The van der Waals surface area contributed by atoms with Crippen LogP contribution in [0, 0.1) is 37.5 Å². The lowest BCUT2D eigenvalue weighted by atomic mass is 9.90. The van der Waals surface area contributed by atoms with E-state index in [-0.39, 0.29) is 5.41 Å². The van der Waals surface area contributed by atoms with Crippen molar-refractivity contribution in [3.8, 4) is 28.5 Å². The molecule has 36 heavy (non-hydrogen) atoms. The molecule has 0 radical (unpaired) electrons. The maximum absolute atomic E-state index is 10.1. The van der Waals surface area contributed by atoms with Gasteiger partial charge in [0.05, 0.1) is 17.2 Å². The van der Waals surface area contributed by atoms with Crippen molar-refractivity contribution in [2.24, 2.45) is 12.5 Å². The van der Waals surface area contributed by atoms with E-state index in [1.165, 1.54) is 27.8 Å². The van der Waals surface area contributed by atoms with Crippen LogP contribution in [0.3, 0.4) is 0 Å². The second-order valence-corrected chi connectivity index (χ2v) is 11.3. The van der Waals surface area contributed by atoms with Crippen molar-refractivity contribution in [2.75, 3.05) is 0 Å². The second-order valence-electron chi connectivity index (χ2n) is 11.3. The molecule has 0 saturated carbocycles. The van der Waals surface area contributed by atoms with Crippen LogP contribution in [-0.4, -0.2) is 0 Å². The van der Waals surface area contributed by atoms with Gasteiger partial charge in [0, 0.05) is 28.0 Å². The Morgan fingerprint density at radius 1 is 0.806 bits per heavy atom. The van der Waals surface area contributed by atoms with Gasteiger partial charge in [-0.1, -0.05) is 44.2 Å². The van der Waals surface area contributed by atoms with E-state index < -0.39 is 0 Å². The number of aryl methyl sites for hydroxylation is 4. The number of rotatable bonds is 2. The molecule has 0 unspecified atom stereocenters. The number of nitriles is 1. The molecular weight excluding hydrogens is 440 g/mol. The number of benzene rings is 3. The van der Waals surface area contributed by atoms with Gasteiger partial charge < -0.3 is 4.42 Å². The predicted molar refractivity (Wildman–Crippen MR) is 146 cm³/mol. The van der Waals surface area contributed by atoms with Crippen molar-refractivity contribution < 1.29 is 8.98 Å². The van der Waals surface area contributed by atoms with Crippen molar-refractivity contribution in [1.82, 2.24) is 0 Å². The Hall–Kier alpha value is -3.90. The van der Waals surface area contributed by atoms with Gasteiger partial charge in [0.2, 0.25) is 5.69 Å². The highest BCUT2D eigenvalue weighted by Gasteiger charge is 2.29. The monoisotopic (exact) mass is 471 g/mol. The standard InChI is InChI=1S/C33H31N2O/c1-19-7-11-26-27-12-10-24(17-34)30(22-8-9-23-15-33(4,5)16-25(23)14-22)32(27)36-31(26)29(19)28-13-20(2)21(3)18-35(28)6/h7-14,18H,15-16H2,1-6H3/q+1. The van der Waals surface area contributed by atoms with Crippen LogP contribution in [0.15, 0.2) is 59.1 Å². The Kier molecular flexibility index (Phi) is 4.89. The summed E-state index contributed by atoms with van der Waals surface area (Å²) in [6.07, 6.45) is 4.33. The van der Waals surface area contributed by atoms with Gasteiger partial charge in [0.1, 0.15) is 18.2 Å². The van der Waals surface area contributed by atoms with E-state index in [0.717, 1.165) is 57.2 Å². The summed E-state index contributed by atoms with van der Waals surface area (Å²) in [5, 5.41) is 12.2. The zero-order chi connectivity index (χ0) is 25.4. The van der Waals surface area contributed by atoms with E-state index in [0.29, 0.717) is 5.56 Å².